The Morgan fingerprint density at radius 3 is 2.63 bits per heavy atom. The Hall–Kier alpha value is -3.67. The van der Waals surface area contributed by atoms with Crippen LogP contribution in [0.4, 0.5) is 5.82 Å². The van der Waals surface area contributed by atoms with E-state index in [1.165, 1.54) is 16.7 Å². The second-order valence-electron chi connectivity index (χ2n) is 9.58. The Bertz CT molecular complexity index is 1340. The van der Waals surface area contributed by atoms with Crippen LogP contribution in [0.5, 0.6) is 0 Å². The van der Waals surface area contributed by atoms with Gasteiger partial charge >= 0.3 is 0 Å². The third kappa shape index (κ3) is 4.92. The minimum Gasteiger partial charge on any atom is -0.354 e. The number of anilines is 1. The highest BCUT2D eigenvalue weighted by Crippen LogP contribution is 2.29. The van der Waals surface area contributed by atoms with Crippen molar-refractivity contribution in [3.8, 4) is 11.3 Å². The van der Waals surface area contributed by atoms with Gasteiger partial charge in [-0.25, -0.2) is 9.50 Å². The van der Waals surface area contributed by atoms with Gasteiger partial charge in [0.15, 0.2) is 5.82 Å². The molecule has 6 heteroatoms. The second-order valence-corrected chi connectivity index (χ2v) is 9.58. The lowest BCUT2D eigenvalue weighted by Crippen LogP contribution is -2.43. The molecule has 0 saturated carbocycles. The van der Waals surface area contributed by atoms with Crippen molar-refractivity contribution in [2.45, 2.75) is 46.6 Å². The number of fused-ring (bicyclic) bond motifs is 1. The maximum Gasteiger partial charge on any atom is 0.225 e. The Morgan fingerprint density at radius 2 is 1.86 bits per heavy atom. The maximum absolute atomic E-state index is 13.0. The van der Waals surface area contributed by atoms with Crippen LogP contribution in [0.1, 0.15) is 42.0 Å². The van der Waals surface area contributed by atoms with Crippen LogP contribution in [0.2, 0.25) is 0 Å². The lowest BCUT2D eigenvalue weighted by molar-refractivity contribution is -0.125. The molecule has 4 aromatic rings. The molecule has 2 aromatic carbocycles. The molecule has 1 saturated heterocycles. The molecule has 3 heterocycles. The molecule has 0 aliphatic carbocycles. The molecule has 1 aliphatic rings. The average Bonchev–Trinajstić information content (AvgIpc) is 3.34. The summed E-state index contributed by atoms with van der Waals surface area (Å²) in [6.45, 7) is 8.51. The van der Waals surface area contributed by atoms with Crippen LogP contribution in [-0.4, -0.2) is 33.6 Å². The van der Waals surface area contributed by atoms with Crippen LogP contribution in [0.3, 0.4) is 0 Å². The van der Waals surface area contributed by atoms with Crippen LogP contribution in [-0.2, 0) is 17.8 Å². The van der Waals surface area contributed by atoms with E-state index in [2.05, 4.69) is 79.5 Å². The van der Waals surface area contributed by atoms with Crippen molar-refractivity contribution >= 4 is 17.2 Å². The largest absolute Gasteiger partial charge is 0.354 e. The van der Waals surface area contributed by atoms with Crippen molar-refractivity contribution in [3.05, 3.63) is 83.2 Å². The molecule has 0 radical (unpaired) electrons. The highest BCUT2D eigenvalue weighted by molar-refractivity contribution is 5.81. The van der Waals surface area contributed by atoms with E-state index in [1.807, 2.05) is 10.7 Å². The first kappa shape index (κ1) is 23.1. The molecule has 0 unspecified atom stereocenters. The van der Waals surface area contributed by atoms with Gasteiger partial charge in [0.05, 0.1) is 11.6 Å². The van der Waals surface area contributed by atoms with Crippen molar-refractivity contribution in [2.24, 2.45) is 5.92 Å². The normalized spacial score (nSPS) is 16.0. The number of nitrogens with one attached hydrogen (secondary N) is 1. The molecular formula is C29H33N5O. The second kappa shape index (κ2) is 9.90. The van der Waals surface area contributed by atoms with E-state index in [0.717, 1.165) is 54.0 Å². The number of hydrogen-bond acceptors (Lipinski definition) is 4. The number of rotatable bonds is 6. The topological polar surface area (TPSA) is 62.5 Å². The summed E-state index contributed by atoms with van der Waals surface area (Å²) in [7, 11) is 0. The number of aryl methyl sites for hydroxylation is 3. The van der Waals surface area contributed by atoms with E-state index < -0.39 is 0 Å². The molecule has 1 amide bonds. The first-order valence-corrected chi connectivity index (χ1v) is 12.5. The minimum atomic E-state index is -0.0529. The molecule has 1 N–H and O–H groups in total. The Morgan fingerprint density at radius 1 is 1.06 bits per heavy atom. The molecule has 180 valence electrons. The number of carbonyl (C=O) groups excluding carboxylic acids is 1. The maximum atomic E-state index is 13.0. The molecule has 2 aromatic heterocycles. The fourth-order valence-corrected chi connectivity index (χ4v) is 4.80. The number of piperidine rings is 1. The third-order valence-corrected chi connectivity index (χ3v) is 7.16. The van der Waals surface area contributed by atoms with E-state index in [1.54, 1.807) is 6.20 Å². The molecule has 6 nitrogen and oxygen atoms in total. The van der Waals surface area contributed by atoms with E-state index in [0.29, 0.717) is 13.1 Å². The zero-order chi connectivity index (χ0) is 24.4. The minimum absolute atomic E-state index is 0.0529. The van der Waals surface area contributed by atoms with E-state index in [-0.39, 0.29) is 11.8 Å². The van der Waals surface area contributed by atoms with E-state index >= 15 is 0 Å². The summed E-state index contributed by atoms with van der Waals surface area (Å²) in [5, 5.41) is 7.96. The summed E-state index contributed by atoms with van der Waals surface area (Å²) in [5.74, 6) is 0.955. The van der Waals surface area contributed by atoms with Gasteiger partial charge in [-0.1, -0.05) is 43.3 Å². The van der Waals surface area contributed by atoms with Gasteiger partial charge in [0.1, 0.15) is 5.52 Å². The highest BCUT2D eigenvalue weighted by atomic mass is 16.1. The summed E-state index contributed by atoms with van der Waals surface area (Å²) in [6.07, 6.45) is 6.57. The van der Waals surface area contributed by atoms with Gasteiger partial charge in [-0.2, -0.15) is 5.10 Å². The number of nitrogens with zero attached hydrogens (tertiary/aromatic N) is 4. The first-order chi connectivity index (χ1) is 17.0. The van der Waals surface area contributed by atoms with E-state index in [4.69, 9.17) is 10.1 Å². The Labute approximate surface area is 207 Å². The lowest BCUT2D eigenvalue weighted by atomic mass is 9.97. The SMILES string of the molecule is CCc1ccc(CNC(=O)[C@@H]2CCCN(c3nccn4nc(-c5ccc(C)c(C)c5)cc34)C2)cc1. The van der Waals surface area contributed by atoms with Crippen LogP contribution in [0.15, 0.2) is 60.9 Å². The van der Waals surface area contributed by atoms with Gasteiger partial charge in [-0.3, -0.25) is 4.79 Å². The van der Waals surface area contributed by atoms with Crippen molar-refractivity contribution in [1.29, 1.82) is 0 Å². The fourth-order valence-electron chi connectivity index (χ4n) is 4.80. The van der Waals surface area contributed by atoms with Gasteiger partial charge < -0.3 is 10.2 Å². The zero-order valence-corrected chi connectivity index (χ0v) is 20.8. The van der Waals surface area contributed by atoms with E-state index in [9.17, 15) is 4.79 Å². The summed E-state index contributed by atoms with van der Waals surface area (Å²) >= 11 is 0. The van der Waals surface area contributed by atoms with Gasteiger partial charge in [0.25, 0.3) is 0 Å². The van der Waals surface area contributed by atoms with Crippen molar-refractivity contribution in [3.63, 3.8) is 0 Å². The van der Waals surface area contributed by atoms with Gasteiger partial charge in [-0.05, 0) is 67.5 Å². The summed E-state index contributed by atoms with van der Waals surface area (Å²) < 4.78 is 1.90. The third-order valence-electron chi connectivity index (χ3n) is 7.16. The number of hydrogen-bond donors (Lipinski definition) is 1. The Kier molecular flexibility index (Phi) is 6.53. The van der Waals surface area contributed by atoms with Crippen LogP contribution < -0.4 is 10.2 Å². The molecular weight excluding hydrogens is 434 g/mol. The predicted octanol–water partition coefficient (Wildman–Crippen LogP) is 5.11. The summed E-state index contributed by atoms with van der Waals surface area (Å²) in [6, 6.07) is 17.0. The smallest absolute Gasteiger partial charge is 0.225 e. The van der Waals surface area contributed by atoms with Crippen molar-refractivity contribution in [1.82, 2.24) is 19.9 Å². The predicted molar refractivity (Wildman–Crippen MR) is 141 cm³/mol. The van der Waals surface area contributed by atoms with Gasteiger partial charge in [0, 0.05) is 37.6 Å². The number of amides is 1. The van der Waals surface area contributed by atoms with Crippen LogP contribution in [0, 0.1) is 19.8 Å². The first-order valence-electron chi connectivity index (χ1n) is 12.5. The number of benzene rings is 2. The quantitative estimate of drug-likeness (QED) is 0.428. The van der Waals surface area contributed by atoms with Gasteiger partial charge in [0.2, 0.25) is 5.91 Å². The van der Waals surface area contributed by atoms with Crippen LogP contribution >= 0.6 is 0 Å². The number of carbonyl (C=O) groups is 1. The standard InChI is InChI=1S/C29H33N5O/c1-4-22-8-10-23(11-9-22)18-31-29(35)25-6-5-14-33(19-25)28-27-17-26(32-34(27)15-13-30-28)24-12-7-20(2)21(3)16-24/h7-13,15-17,25H,4-6,14,18-19H2,1-3H3,(H,31,35)/t25-/m1/s1. The highest BCUT2D eigenvalue weighted by Gasteiger charge is 2.27. The fraction of sp³-hybridized carbons (Fsp3) is 0.345. The Balaban J connectivity index is 1.31. The van der Waals surface area contributed by atoms with Crippen molar-refractivity contribution < 1.29 is 4.79 Å². The zero-order valence-electron chi connectivity index (χ0n) is 20.8. The molecule has 1 aliphatic heterocycles. The molecule has 35 heavy (non-hydrogen) atoms. The van der Waals surface area contributed by atoms with Gasteiger partial charge in [-0.15, -0.1) is 0 Å². The number of aromatic nitrogens is 3. The molecule has 0 spiro atoms. The van der Waals surface area contributed by atoms with Crippen molar-refractivity contribution in [2.75, 3.05) is 18.0 Å². The lowest BCUT2D eigenvalue weighted by Gasteiger charge is -2.33. The summed E-state index contributed by atoms with van der Waals surface area (Å²) in [4.78, 5) is 20.0. The average molecular weight is 468 g/mol. The monoisotopic (exact) mass is 467 g/mol. The van der Waals surface area contributed by atoms with Crippen LogP contribution in [0.25, 0.3) is 16.8 Å². The molecule has 1 fully saturated rings. The molecule has 1 atom stereocenters. The molecule has 0 bridgehead atoms. The molecule has 5 rings (SSSR count). The summed E-state index contributed by atoms with van der Waals surface area (Å²) in [5.41, 5.74) is 7.98.